The summed E-state index contributed by atoms with van der Waals surface area (Å²) in [5.41, 5.74) is 1.24. The van der Waals surface area contributed by atoms with E-state index in [2.05, 4.69) is 0 Å². The number of nitrogens with zero attached hydrogens (tertiary/aromatic N) is 2. The third-order valence-electron chi connectivity index (χ3n) is 4.50. The Hall–Kier alpha value is -2.09. The lowest BCUT2D eigenvalue weighted by Crippen LogP contribution is -2.37. The molecule has 0 N–H and O–H groups in total. The van der Waals surface area contributed by atoms with Gasteiger partial charge < -0.3 is 9.32 Å². The van der Waals surface area contributed by atoms with E-state index < -0.39 is 15.6 Å². The molecule has 0 bridgehead atoms. The molecule has 130 valence electrons. The van der Waals surface area contributed by atoms with Gasteiger partial charge in [-0.1, -0.05) is 12.1 Å². The van der Waals surface area contributed by atoms with Crippen molar-refractivity contribution in [1.82, 2.24) is 9.47 Å². The second-order valence-corrected chi connectivity index (χ2v) is 8.38. The lowest BCUT2D eigenvalue weighted by molar-refractivity contribution is -0.131. The fourth-order valence-electron chi connectivity index (χ4n) is 3.07. The smallest absolute Gasteiger partial charge is 0.408 e. The molecular weight excluding hydrogens is 332 g/mol. The normalized spacial score (nSPS) is 19.6. The first-order valence-corrected chi connectivity index (χ1v) is 9.74. The summed E-state index contributed by atoms with van der Waals surface area (Å²) >= 11 is 0. The number of rotatable bonds is 5. The summed E-state index contributed by atoms with van der Waals surface area (Å²) < 4.78 is 29.7. The molecule has 2 heterocycles. The molecular formula is C16H20N2O5S. The predicted octanol–water partition coefficient (Wildman–Crippen LogP) is 1.02. The van der Waals surface area contributed by atoms with Gasteiger partial charge >= 0.3 is 5.76 Å². The Morgan fingerprint density at radius 3 is 2.83 bits per heavy atom. The number of hydrogen-bond acceptors (Lipinski definition) is 5. The molecule has 1 fully saturated rings. The first kappa shape index (κ1) is 16.8. The van der Waals surface area contributed by atoms with Crippen molar-refractivity contribution in [3.63, 3.8) is 0 Å². The molecule has 7 nitrogen and oxygen atoms in total. The van der Waals surface area contributed by atoms with Gasteiger partial charge in [0.2, 0.25) is 5.91 Å². The van der Waals surface area contributed by atoms with Crippen molar-refractivity contribution in [2.45, 2.75) is 31.8 Å². The summed E-state index contributed by atoms with van der Waals surface area (Å²) in [6.45, 7) is 0.387. The van der Waals surface area contributed by atoms with E-state index in [0.29, 0.717) is 30.5 Å². The van der Waals surface area contributed by atoms with Crippen molar-refractivity contribution >= 4 is 26.8 Å². The van der Waals surface area contributed by atoms with Crippen LogP contribution < -0.4 is 5.76 Å². The van der Waals surface area contributed by atoms with Gasteiger partial charge in [0.1, 0.15) is 0 Å². The summed E-state index contributed by atoms with van der Waals surface area (Å²) in [6, 6.07) is 6.92. The number of benzene rings is 1. The van der Waals surface area contributed by atoms with E-state index in [1.165, 1.54) is 9.47 Å². The minimum atomic E-state index is -3.01. The lowest BCUT2D eigenvalue weighted by Gasteiger charge is -2.23. The Bertz CT molecular complexity index is 912. The van der Waals surface area contributed by atoms with Crippen LogP contribution in [0.3, 0.4) is 0 Å². The van der Waals surface area contributed by atoms with Crippen LogP contribution in [0, 0.1) is 0 Å². The van der Waals surface area contributed by atoms with E-state index in [1.807, 2.05) is 6.07 Å². The summed E-state index contributed by atoms with van der Waals surface area (Å²) in [5, 5.41) is 0. The molecule has 0 unspecified atom stereocenters. The summed E-state index contributed by atoms with van der Waals surface area (Å²) in [6.07, 6.45) is 1.25. The van der Waals surface area contributed by atoms with Crippen molar-refractivity contribution in [2.75, 3.05) is 18.6 Å². The number of hydrogen-bond donors (Lipinski definition) is 0. The Kier molecular flexibility index (Phi) is 4.49. The van der Waals surface area contributed by atoms with Crippen LogP contribution in [-0.2, 0) is 21.2 Å². The van der Waals surface area contributed by atoms with E-state index in [4.69, 9.17) is 4.42 Å². The van der Waals surface area contributed by atoms with Gasteiger partial charge in [-0.25, -0.2) is 13.2 Å². The highest BCUT2D eigenvalue weighted by molar-refractivity contribution is 7.91. The first-order valence-electron chi connectivity index (χ1n) is 7.92. The molecule has 1 aliphatic heterocycles. The fraction of sp³-hybridized carbons (Fsp3) is 0.500. The molecule has 1 aromatic heterocycles. The Morgan fingerprint density at radius 1 is 1.38 bits per heavy atom. The second-order valence-electron chi connectivity index (χ2n) is 6.15. The number of sulfone groups is 1. The molecule has 2 aromatic rings. The maximum atomic E-state index is 12.2. The van der Waals surface area contributed by atoms with E-state index in [-0.39, 0.29) is 29.9 Å². The number of aromatic nitrogens is 1. The largest absolute Gasteiger partial charge is 0.419 e. The Morgan fingerprint density at radius 2 is 2.12 bits per heavy atom. The van der Waals surface area contributed by atoms with Crippen molar-refractivity contribution in [3.8, 4) is 0 Å². The lowest BCUT2D eigenvalue weighted by atomic mass is 10.2. The molecule has 1 aliphatic rings. The molecule has 0 saturated carbocycles. The van der Waals surface area contributed by atoms with Crippen LogP contribution in [0.25, 0.3) is 11.1 Å². The van der Waals surface area contributed by atoms with Crippen LogP contribution in [0.4, 0.5) is 0 Å². The van der Waals surface area contributed by atoms with Crippen LogP contribution in [0.5, 0.6) is 0 Å². The van der Waals surface area contributed by atoms with Crippen LogP contribution in [0.2, 0.25) is 0 Å². The number of para-hydroxylation sites is 2. The standard InChI is InChI=1S/C16H20N2O5S/c1-17(12-8-10-24(21,22)11-12)15(19)7-4-9-18-13-5-2-3-6-14(13)23-16(18)20/h2-3,5-6,12H,4,7-11H2,1H3/t12-/m1/s1. The Balaban J connectivity index is 1.59. The second kappa shape index (κ2) is 6.43. The minimum absolute atomic E-state index is 0.0427. The highest BCUT2D eigenvalue weighted by Gasteiger charge is 2.32. The zero-order chi connectivity index (χ0) is 17.3. The van der Waals surface area contributed by atoms with Crippen LogP contribution in [-0.4, -0.2) is 48.4 Å². The molecule has 1 amide bonds. The zero-order valence-corrected chi connectivity index (χ0v) is 14.3. The van der Waals surface area contributed by atoms with Gasteiger partial charge in [0, 0.05) is 26.1 Å². The summed E-state index contributed by atoms with van der Waals surface area (Å²) in [4.78, 5) is 25.6. The van der Waals surface area contributed by atoms with Crippen molar-refractivity contribution in [3.05, 3.63) is 34.8 Å². The minimum Gasteiger partial charge on any atom is -0.408 e. The molecule has 0 spiro atoms. The number of oxazole rings is 1. The number of aryl methyl sites for hydroxylation is 1. The first-order chi connectivity index (χ1) is 11.4. The molecule has 1 saturated heterocycles. The van der Waals surface area contributed by atoms with E-state index >= 15 is 0 Å². The van der Waals surface area contributed by atoms with Gasteiger partial charge in [0.25, 0.3) is 0 Å². The van der Waals surface area contributed by atoms with E-state index in [0.717, 1.165) is 0 Å². The molecule has 0 aliphatic carbocycles. The van der Waals surface area contributed by atoms with Crippen molar-refractivity contribution < 1.29 is 17.6 Å². The van der Waals surface area contributed by atoms with Gasteiger partial charge in [-0.3, -0.25) is 9.36 Å². The van der Waals surface area contributed by atoms with Crippen LogP contribution in [0.1, 0.15) is 19.3 Å². The predicted molar refractivity (Wildman–Crippen MR) is 89.5 cm³/mol. The number of carbonyl (C=O) groups is 1. The highest BCUT2D eigenvalue weighted by atomic mass is 32.2. The maximum absolute atomic E-state index is 12.2. The summed E-state index contributed by atoms with van der Waals surface area (Å²) in [7, 11) is -1.37. The summed E-state index contributed by atoms with van der Waals surface area (Å²) in [5.74, 6) is -0.343. The SMILES string of the molecule is CN(C(=O)CCCn1c(=O)oc2ccccc21)[C@@H]1CCS(=O)(=O)C1. The monoisotopic (exact) mass is 352 g/mol. The molecule has 24 heavy (non-hydrogen) atoms. The quantitative estimate of drug-likeness (QED) is 0.801. The van der Waals surface area contributed by atoms with Crippen molar-refractivity contribution in [1.29, 1.82) is 0 Å². The Labute approximate surface area is 139 Å². The fourth-order valence-corrected chi connectivity index (χ4v) is 4.85. The average molecular weight is 352 g/mol. The molecule has 1 atom stereocenters. The van der Waals surface area contributed by atoms with E-state index in [9.17, 15) is 18.0 Å². The van der Waals surface area contributed by atoms with Gasteiger partial charge in [0.15, 0.2) is 15.4 Å². The highest BCUT2D eigenvalue weighted by Crippen LogP contribution is 2.18. The van der Waals surface area contributed by atoms with Gasteiger partial charge in [-0.15, -0.1) is 0 Å². The van der Waals surface area contributed by atoms with E-state index in [1.54, 1.807) is 25.2 Å². The topological polar surface area (TPSA) is 89.6 Å². The van der Waals surface area contributed by atoms with Gasteiger partial charge in [-0.2, -0.15) is 0 Å². The zero-order valence-electron chi connectivity index (χ0n) is 13.5. The van der Waals surface area contributed by atoms with Crippen LogP contribution >= 0.6 is 0 Å². The van der Waals surface area contributed by atoms with Gasteiger partial charge in [-0.05, 0) is 25.0 Å². The third-order valence-corrected chi connectivity index (χ3v) is 6.25. The van der Waals surface area contributed by atoms with Gasteiger partial charge in [0.05, 0.1) is 17.0 Å². The molecule has 1 aromatic carbocycles. The number of carbonyl (C=O) groups excluding carboxylic acids is 1. The third kappa shape index (κ3) is 3.38. The average Bonchev–Trinajstić information content (AvgIpc) is 3.06. The molecule has 0 radical (unpaired) electrons. The number of fused-ring (bicyclic) bond motifs is 1. The molecule has 3 rings (SSSR count). The maximum Gasteiger partial charge on any atom is 0.419 e. The van der Waals surface area contributed by atoms with Crippen molar-refractivity contribution in [2.24, 2.45) is 0 Å². The molecule has 8 heteroatoms. The number of amides is 1. The van der Waals surface area contributed by atoms with Crippen LogP contribution in [0.15, 0.2) is 33.5 Å².